The molecule has 7 heteroatoms. The molecule has 0 aliphatic rings. The third kappa shape index (κ3) is 2.99. The van der Waals surface area contributed by atoms with Gasteiger partial charge in [0.25, 0.3) is 0 Å². The molecule has 2 aromatic heterocycles. The predicted molar refractivity (Wildman–Crippen MR) is 97.1 cm³/mol. The molecule has 0 saturated heterocycles. The number of aromatic nitrogens is 3. The largest absolute Gasteiger partial charge is 0.466 e. The Bertz CT molecular complexity index is 1150. The number of hydrogen-bond donors (Lipinski definition) is 0. The molecule has 0 fully saturated rings. The van der Waals surface area contributed by atoms with E-state index in [1.165, 1.54) is 11.6 Å². The average Bonchev–Trinajstić information content (AvgIpc) is 3.15. The van der Waals surface area contributed by atoms with Crippen LogP contribution in [0.2, 0.25) is 0 Å². The normalized spacial score (nSPS) is 12.0. The van der Waals surface area contributed by atoms with Gasteiger partial charge < -0.3 is 9.47 Å². The fourth-order valence-electron chi connectivity index (χ4n) is 2.98. The van der Waals surface area contributed by atoms with Gasteiger partial charge in [-0.15, -0.1) is 5.10 Å². The number of pyridine rings is 1. The molecular weight excluding hydrogens is 346 g/mol. The zero-order chi connectivity index (χ0) is 18.8. The Kier molecular flexibility index (Phi) is 4.25. The van der Waals surface area contributed by atoms with Crippen LogP contribution in [-0.2, 0) is 14.3 Å². The Morgan fingerprint density at radius 3 is 2.63 bits per heavy atom. The van der Waals surface area contributed by atoms with E-state index >= 15 is 0 Å². The number of nitrogens with zero attached hydrogens (tertiary/aromatic N) is 3. The van der Waals surface area contributed by atoms with Crippen molar-refractivity contribution in [1.29, 1.82) is 0 Å². The van der Waals surface area contributed by atoms with Crippen molar-refractivity contribution in [1.82, 2.24) is 14.8 Å². The van der Waals surface area contributed by atoms with Gasteiger partial charge in [-0.05, 0) is 22.9 Å². The van der Waals surface area contributed by atoms with E-state index in [9.17, 15) is 9.59 Å². The van der Waals surface area contributed by atoms with Crippen molar-refractivity contribution in [2.75, 3.05) is 7.11 Å². The summed E-state index contributed by atoms with van der Waals surface area (Å²) in [4.78, 5) is 25.1. The van der Waals surface area contributed by atoms with Crippen molar-refractivity contribution in [2.45, 2.75) is 6.10 Å². The molecule has 27 heavy (non-hydrogen) atoms. The Hall–Kier alpha value is -3.74. The van der Waals surface area contributed by atoms with Gasteiger partial charge in [0.2, 0.25) is 6.10 Å². The van der Waals surface area contributed by atoms with Crippen LogP contribution >= 0.6 is 0 Å². The van der Waals surface area contributed by atoms with E-state index in [1.807, 2.05) is 30.3 Å². The maximum absolute atomic E-state index is 12.7. The summed E-state index contributed by atoms with van der Waals surface area (Å²) in [5.41, 5.74) is 1.07. The molecule has 4 rings (SSSR count). The van der Waals surface area contributed by atoms with Crippen LogP contribution in [0.4, 0.5) is 0 Å². The Morgan fingerprint density at radius 2 is 1.78 bits per heavy atom. The van der Waals surface area contributed by atoms with Crippen molar-refractivity contribution in [3.63, 3.8) is 0 Å². The number of ether oxygens (including phenoxy) is 2. The van der Waals surface area contributed by atoms with Crippen molar-refractivity contribution >= 4 is 28.2 Å². The summed E-state index contributed by atoms with van der Waals surface area (Å²) >= 11 is 0. The van der Waals surface area contributed by atoms with E-state index in [-0.39, 0.29) is 5.69 Å². The minimum absolute atomic E-state index is 0.0322. The molecule has 7 nitrogen and oxygen atoms in total. The molecule has 2 heterocycles. The maximum Gasteiger partial charge on any atom is 0.362 e. The molecule has 0 radical (unpaired) electrons. The SMILES string of the molecule is COC(=O)C(OC(=O)c1nnn2ccccc12)c1cccc2ccccc12. The zero-order valence-electron chi connectivity index (χ0n) is 14.4. The lowest BCUT2D eigenvalue weighted by molar-refractivity contribution is -0.151. The molecule has 1 atom stereocenters. The molecule has 1 unspecified atom stereocenters. The summed E-state index contributed by atoms with van der Waals surface area (Å²) in [6.45, 7) is 0. The molecule has 0 spiro atoms. The summed E-state index contributed by atoms with van der Waals surface area (Å²) in [6.07, 6.45) is 0.454. The fourth-order valence-corrected chi connectivity index (χ4v) is 2.98. The van der Waals surface area contributed by atoms with E-state index in [0.717, 1.165) is 10.8 Å². The van der Waals surface area contributed by atoms with Crippen molar-refractivity contribution in [2.24, 2.45) is 0 Å². The number of benzene rings is 2. The first-order chi connectivity index (χ1) is 13.2. The van der Waals surface area contributed by atoms with Gasteiger partial charge in [-0.1, -0.05) is 53.7 Å². The molecule has 0 amide bonds. The first kappa shape index (κ1) is 16.7. The van der Waals surface area contributed by atoms with Crippen molar-refractivity contribution in [3.05, 3.63) is 78.1 Å². The van der Waals surface area contributed by atoms with Gasteiger partial charge in [0.1, 0.15) is 5.52 Å². The molecule has 0 N–H and O–H groups in total. The van der Waals surface area contributed by atoms with Crippen LogP contribution in [0.15, 0.2) is 66.9 Å². The first-order valence-electron chi connectivity index (χ1n) is 8.25. The van der Waals surface area contributed by atoms with Crippen LogP contribution in [0.3, 0.4) is 0 Å². The number of esters is 2. The number of carbonyl (C=O) groups excluding carboxylic acids is 2. The van der Waals surface area contributed by atoms with Gasteiger partial charge >= 0.3 is 11.9 Å². The van der Waals surface area contributed by atoms with Crippen LogP contribution in [0.5, 0.6) is 0 Å². The molecule has 134 valence electrons. The van der Waals surface area contributed by atoms with Crippen molar-refractivity contribution in [3.8, 4) is 0 Å². The van der Waals surface area contributed by atoms with Crippen LogP contribution in [0.1, 0.15) is 22.2 Å². The van der Waals surface area contributed by atoms with E-state index in [2.05, 4.69) is 10.3 Å². The maximum atomic E-state index is 12.7. The van der Waals surface area contributed by atoms with Gasteiger partial charge in [-0.3, -0.25) is 0 Å². The lowest BCUT2D eigenvalue weighted by atomic mass is 10.0. The number of fused-ring (bicyclic) bond motifs is 2. The van der Waals surface area contributed by atoms with Crippen LogP contribution in [-0.4, -0.2) is 33.9 Å². The lowest BCUT2D eigenvalue weighted by Gasteiger charge is -2.17. The van der Waals surface area contributed by atoms with E-state index in [0.29, 0.717) is 11.1 Å². The minimum Gasteiger partial charge on any atom is -0.466 e. The summed E-state index contributed by atoms with van der Waals surface area (Å²) in [7, 11) is 1.25. The lowest BCUT2D eigenvalue weighted by Crippen LogP contribution is -2.22. The third-order valence-electron chi connectivity index (χ3n) is 4.26. The third-order valence-corrected chi connectivity index (χ3v) is 4.26. The molecule has 2 aromatic carbocycles. The molecule has 0 bridgehead atoms. The second kappa shape index (κ2) is 6.87. The van der Waals surface area contributed by atoms with E-state index in [1.54, 1.807) is 36.5 Å². The number of carbonyl (C=O) groups is 2. The summed E-state index contributed by atoms with van der Waals surface area (Å²) < 4.78 is 11.8. The highest BCUT2D eigenvalue weighted by atomic mass is 16.6. The van der Waals surface area contributed by atoms with Crippen molar-refractivity contribution < 1.29 is 19.1 Å². The average molecular weight is 361 g/mol. The van der Waals surface area contributed by atoms with Gasteiger partial charge in [0.15, 0.2) is 5.69 Å². The second-order valence-electron chi connectivity index (χ2n) is 5.85. The number of methoxy groups -OCH3 is 1. The summed E-state index contributed by atoms with van der Waals surface area (Å²) in [6, 6.07) is 18.2. The van der Waals surface area contributed by atoms with Crippen LogP contribution in [0.25, 0.3) is 16.3 Å². The summed E-state index contributed by atoms with van der Waals surface area (Å²) in [5, 5.41) is 9.49. The summed E-state index contributed by atoms with van der Waals surface area (Å²) in [5.74, 6) is -1.42. The Balaban J connectivity index is 1.75. The van der Waals surface area contributed by atoms with Crippen LogP contribution in [0, 0.1) is 0 Å². The van der Waals surface area contributed by atoms with E-state index < -0.39 is 18.0 Å². The van der Waals surface area contributed by atoms with E-state index in [4.69, 9.17) is 9.47 Å². The van der Waals surface area contributed by atoms with Crippen LogP contribution < -0.4 is 0 Å². The Labute approximate surface area is 154 Å². The van der Waals surface area contributed by atoms with Gasteiger partial charge in [-0.25, -0.2) is 14.1 Å². The smallest absolute Gasteiger partial charge is 0.362 e. The molecular formula is C20H15N3O4. The quantitative estimate of drug-likeness (QED) is 0.520. The predicted octanol–water partition coefficient (Wildman–Crippen LogP) is 2.95. The van der Waals surface area contributed by atoms with Gasteiger partial charge in [0.05, 0.1) is 7.11 Å². The molecule has 0 aliphatic heterocycles. The zero-order valence-corrected chi connectivity index (χ0v) is 14.4. The number of hydrogen-bond acceptors (Lipinski definition) is 6. The Morgan fingerprint density at radius 1 is 1.00 bits per heavy atom. The number of rotatable bonds is 4. The fraction of sp³-hybridized carbons (Fsp3) is 0.100. The monoisotopic (exact) mass is 361 g/mol. The highest BCUT2D eigenvalue weighted by Gasteiger charge is 2.29. The molecule has 0 saturated carbocycles. The molecule has 0 aliphatic carbocycles. The second-order valence-corrected chi connectivity index (χ2v) is 5.85. The minimum atomic E-state index is -1.21. The highest BCUT2D eigenvalue weighted by Crippen LogP contribution is 2.28. The van der Waals surface area contributed by atoms with Gasteiger partial charge in [-0.2, -0.15) is 0 Å². The topological polar surface area (TPSA) is 82.8 Å². The van der Waals surface area contributed by atoms with Gasteiger partial charge in [0, 0.05) is 11.8 Å². The molecule has 4 aromatic rings. The first-order valence-corrected chi connectivity index (χ1v) is 8.25. The standard InChI is InChI=1S/C20H15N3O4/c1-26-20(25)18(15-10-6-8-13-7-2-3-9-14(13)15)27-19(24)17-16-11-4-5-12-23(16)22-21-17/h2-12,18H,1H3. The highest BCUT2D eigenvalue weighted by molar-refractivity contribution is 5.97.